The Bertz CT molecular complexity index is 567. The van der Waals surface area contributed by atoms with Gasteiger partial charge in [-0.3, -0.25) is 0 Å². The molecule has 1 N–H and O–H groups in total. The van der Waals surface area contributed by atoms with Crippen molar-refractivity contribution in [3.63, 3.8) is 0 Å². The summed E-state index contributed by atoms with van der Waals surface area (Å²) in [5.41, 5.74) is 2.50. The first-order valence-corrected chi connectivity index (χ1v) is 7.89. The molecule has 18 heavy (non-hydrogen) atoms. The highest BCUT2D eigenvalue weighted by Gasteiger charge is 2.22. The molecule has 3 rings (SSSR count). The van der Waals surface area contributed by atoms with E-state index in [1.165, 1.54) is 21.2 Å². The van der Waals surface area contributed by atoms with Gasteiger partial charge in [0.1, 0.15) is 5.76 Å². The number of rotatable bonds is 2. The normalized spacial score (nSPS) is 18.4. The van der Waals surface area contributed by atoms with Gasteiger partial charge in [-0.05, 0) is 59.7 Å². The van der Waals surface area contributed by atoms with Crippen LogP contribution in [0.1, 0.15) is 30.2 Å². The van der Waals surface area contributed by atoms with Gasteiger partial charge in [-0.1, -0.05) is 15.9 Å². The fraction of sp³-hybridized carbons (Fsp3) is 0.286. The molecule has 1 aliphatic carbocycles. The standard InChI is InChI=1S/C14H13BrINO/c15-9-4-5-11(16)13(8-9)17-12-2-1-3-14-10(12)6-7-18-14/h4-8,12,17H,1-3H2. The third kappa shape index (κ3) is 2.45. The molecule has 1 aromatic heterocycles. The smallest absolute Gasteiger partial charge is 0.109 e. The van der Waals surface area contributed by atoms with Crippen LogP contribution in [0.25, 0.3) is 0 Å². The van der Waals surface area contributed by atoms with Crippen molar-refractivity contribution in [3.8, 4) is 0 Å². The predicted octanol–water partition coefficient (Wildman–Crippen LogP) is 5.14. The first kappa shape index (κ1) is 12.5. The lowest BCUT2D eigenvalue weighted by Crippen LogP contribution is -2.16. The predicted molar refractivity (Wildman–Crippen MR) is 84.9 cm³/mol. The number of hydrogen-bond donors (Lipinski definition) is 1. The van der Waals surface area contributed by atoms with Crippen LogP contribution in [-0.4, -0.2) is 0 Å². The van der Waals surface area contributed by atoms with Gasteiger partial charge in [0.2, 0.25) is 0 Å². The molecule has 0 radical (unpaired) electrons. The number of hydrogen-bond acceptors (Lipinski definition) is 2. The van der Waals surface area contributed by atoms with Crippen molar-refractivity contribution in [2.75, 3.05) is 5.32 Å². The Balaban J connectivity index is 1.88. The second-order valence-electron chi connectivity index (χ2n) is 4.51. The van der Waals surface area contributed by atoms with E-state index in [2.05, 4.69) is 68.1 Å². The number of benzene rings is 1. The molecule has 0 saturated heterocycles. The van der Waals surface area contributed by atoms with Crippen molar-refractivity contribution in [1.29, 1.82) is 0 Å². The Hall–Kier alpha value is -0.490. The van der Waals surface area contributed by atoms with E-state index in [1.807, 2.05) is 0 Å². The SMILES string of the molecule is Brc1ccc(I)c(NC2CCCc3occc32)c1. The number of halogens is 2. The van der Waals surface area contributed by atoms with E-state index < -0.39 is 0 Å². The second kappa shape index (κ2) is 5.25. The Morgan fingerprint density at radius 3 is 3.11 bits per heavy atom. The van der Waals surface area contributed by atoms with Gasteiger partial charge >= 0.3 is 0 Å². The van der Waals surface area contributed by atoms with E-state index in [1.54, 1.807) is 6.26 Å². The van der Waals surface area contributed by atoms with E-state index in [4.69, 9.17) is 4.42 Å². The summed E-state index contributed by atoms with van der Waals surface area (Å²) in [6.07, 6.45) is 5.21. The van der Waals surface area contributed by atoms with E-state index in [9.17, 15) is 0 Å². The van der Waals surface area contributed by atoms with Crippen molar-refractivity contribution in [1.82, 2.24) is 0 Å². The van der Waals surface area contributed by atoms with Crippen LogP contribution in [0.15, 0.2) is 39.4 Å². The van der Waals surface area contributed by atoms with E-state index in [0.717, 1.165) is 23.1 Å². The molecule has 1 aromatic carbocycles. The zero-order chi connectivity index (χ0) is 12.5. The van der Waals surface area contributed by atoms with Crippen LogP contribution in [0.4, 0.5) is 5.69 Å². The molecule has 0 amide bonds. The first-order valence-electron chi connectivity index (χ1n) is 6.02. The zero-order valence-corrected chi connectivity index (χ0v) is 13.5. The molecule has 1 heterocycles. The lowest BCUT2D eigenvalue weighted by atomic mass is 9.93. The van der Waals surface area contributed by atoms with Crippen LogP contribution in [-0.2, 0) is 6.42 Å². The monoisotopic (exact) mass is 417 g/mol. The Labute approximate surface area is 128 Å². The molecule has 94 valence electrons. The molecule has 1 aliphatic rings. The molecular weight excluding hydrogens is 405 g/mol. The number of fused-ring (bicyclic) bond motifs is 1. The average molecular weight is 418 g/mol. The van der Waals surface area contributed by atoms with Gasteiger partial charge in [0.15, 0.2) is 0 Å². The maximum absolute atomic E-state index is 5.53. The molecule has 0 bridgehead atoms. The maximum Gasteiger partial charge on any atom is 0.109 e. The molecule has 2 aromatic rings. The minimum atomic E-state index is 0.371. The second-order valence-corrected chi connectivity index (χ2v) is 6.59. The van der Waals surface area contributed by atoms with Crippen LogP contribution in [0.3, 0.4) is 0 Å². The van der Waals surface area contributed by atoms with E-state index in [0.29, 0.717) is 6.04 Å². The summed E-state index contributed by atoms with van der Waals surface area (Å²) in [5, 5.41) is 3.63. The Kier molecular flexibility index (Phi) is 3.66. The zero-order valence-electron chi connectivity index (χ0n) is 9.75. The van der Waals surface area contributed by atoms with Gasteiger partial charge in [-0.15, -0.1) is 0 Å². The highest BCUT2D eigenvalue weighted by Crippen LogP contribution is 2.34. The van der Waals surface area contributed by atoms with E-state index >= 15 is 0 Å². The summed E-state index contributed by atoms with van der Waals surface area (Å²) < 4.78 is 7.87. The summed E-state index contributed by atoms with van der Waals surface area (Å²) in [6, 6.07) is 8.78. The lowest BCUT2D eigenvalue weighted by Gasteiger charge is -2.24. The van der Waals surface area contributed by atoms with Crippen molar-refractivity contribution in [2.24, 2.45) is 0 Å². The Morgan fingerprint density at radius 2 is 2.22 bits per heavy atom. The third-order valence-corrected chi connectivity index (χ3v) is 4.74. The van der Waals surface area contributed by atoms with Crippen molar-refractivity contribution >= 4 is 44.2 Å². The maximum atomic E-state index is 5.53. The van der Waals surface area contributed by atoms with Crippen LogP contribution in [0.2, 0.25) is 0 Å². The molecule has 2 nitrogen and oxygen atoms in total. The highest BCUT2D eigenvalue weighted by atomic mass is 127. The van der Waals surface area contributed by atoms with Crippen LogP contribution < -0.4 is 5.32 Å². The minimum Gasteiger partial charge on any atom is -0.469 e. The summed E-state index contributed by atoms with van der Waals surface area (Å²) >= 11 is 5.89. The molecular formula is C14H13BrINO. The molecule has 0 aliphatic heterocycles. The van der Waals surface area contributed by atoms with Crippen LogP contribution in [0.5, 0.6) is 0 Å². The van der Waals surface area contributed by atoms with Crippen LogP contribution >= 0.6 is 38.5 Å². The number of anilines is 1. The minimum absolute atomic E-state index is 0.371. The number of furan rings is 1. The van der Waals surface area contributed by atoms with Gasteiger partial charge in [-0.25, -0.2) is 0 Å². The van der Waals surface area contributed by atoms with Gasteiger partial charge in [0.25, 0.3) is 0 Å². The molecule has 1 atom stereocenters. The van der Waals surface area contributed by atoms with Crippen molar-refractivity contribution in [2.45, 2.75) is 25.3 Å². The largest absolute Gasteiger partial charge is 0.469 e. The number of aryl methyl sites for hydroxylation is 1. The van der Waals surface area contributed by atoms with Gasteiger partial charge < -0.3 is 9.73 Å². The third-order valence-electron chi connectivity index (χ3n) is 3.31. The molecule has 0 spiro atoms. The molecule has 4 heteroatoms. The fourth-order valence-corrected chi connectivity index (χ4v) is 3.28. The van der Waals surface area contributed by atoms with Gasteiger partial charge in [0, 0.05) is 25.7 Å². The molecule has 1 unspecified atom stereocenters. The van der Waals surface area contributed by atoms with Gasteiger partial charge in [0.05, 0.1) is 12.3 Å². The summed E-state index contributed by atoms with van der Waals surface area (Å²) in [4.78, 5) is 0. The summed E-state index contributed by atoms with van der Waals surface area (Å²) in [7, 11) is 0. The quantitative estimate of drug-likeness (QED) is 0.684. The van der Waals surface area contributed by atoms with Crippen LogP contribution in [0, 0.1) is 3.57 Å². The summed E-state index contributed by atoms with van der Waals surface area (Å²) in [6.45, 7) is 0. The highest BCUT2D eigenvalue weighted by molar-refractivity contribution is 14.1. The topological polar surface area (TPSA) is 25.2 Å². The average Bonchev–Trinajstić information content (AvgIpc) is 2.83. The number of nitrogens with one attached hydrogen (secondary N) is 1. The molecule has 0 fully saturated rings. The van der Waals surface area contributed by atoms with Crippen molar-refractivity contribution in [3.05, 3.63) is 49.9 Å². The lowest BCUT2D eigenvalue weighted by molar-refractivity contribution is 0.461. The first-order chi connectivity index (χ1) is 8.74. The fourth-order valence-electron chi connectivity index (χ4n) is 2.43. The van der Waals surface area contributed by atoms with Gasteiger partial charge in [-0.2, -0.15) is 0 Å². The van der Waals surface area contributed by atoms with E-state index in [-0.39, 0.29) is 0 Å². The summed E-state index contributed by atoms with van der Waals surface area (Å²) in [5.74, 6) is 1.14. The molecule has 0 saturated carbocycles. The van der Waals surface area contributed by atoms with Crippen molar-refractivity contribution < 1.29 is 4.42 Å². The Morgan fingerprint density at radius 1 is 1.33 bits per heavy atom.